The van der Waals surface area contributed by atoms with Crippen LogP contribution < -0.4 is 19.9 Å². The number of ether oxygens (including phenoxy) is 1. The monoisotopic (exact) mass is 397 g/mol. The Balaban J connectivity index is 1.69. The fraction of sp³-hybridized carbons (Fsp3) is 0.435. The summed E-state index contributed by atoms with van der Waals surface area (Å²) in [5.41, 5.74) is 2.88. The van der Waals surface area contributed by atoms with Crippen molar-refractivity contribution in [2.75, 3.05) is 36.5 Å². The molecule has 0 bridgehead atoms. The van der Waals surface area contributed by atoms with Crippen LogP contribution in [0.1, 0.15) is 19.4 Å². The fourth-order valence-electron chi connectivity index (χ4n) is 4.52. The minimum Gasteiger partial charge on any atom is -0.497 e. The number of piperazine rings is 1. The number of carbonyl (C=O) groups excluding carboxylic acids is 1. The van der Waals surface area contributed by atoms with Gasteiger partial charge in [-0.3, -0.25) is 4.79 Å². The van der Waals surface area contributed by atoms with Crippen LogP contribution in [0.15, 0.2) is 42.5 Å². The van der Waals surface area contributed by atoms with Gasteiger partial charge in [-0.2, -0.15) is 0 Å². The maximum absolute atomic E-state index is 14.4. The zero-order chi connectivity index (χ0) is 20.5. The van der Waals surface area contributed by atoms with Gasteiger partial charge in [-0.25, -0.2) is 4.39 Å². The van der Waals surface area contributed by atoms with E-state index in [1.54, 1.807) is 13.2 Å². The Morgan fingerprint density at radius 3 is 2.69 bits per heavy atom. The molecule has 2 atom stereocenters. The molecule has 2 heterocycles. The van der Waals surface area contributed by atoms with Gasteiger partial charge in [0, 0.05) is 37.4 Å². The molecule has 0 aliphatic carbocycles. The van der Waals surface area contributed by atoms with Gasteiger partial charge in [0.25, 0.3) is 0 Å². The molecule has 2 aromatic rings. The lowest BCUT2D eigenvalue weighted by Crippen LogP contribution is -2.61. The lowest BCUT2D eigenvalue weighted by atomic mass is 9.83. The minimum absolute atomic E-state index is 0.0262. The SMILES string of the molecule is COc1ccc2c(c1)N1CCN(c3ccccc3F)C[C@H]1[C@@H](C(=O)NC(C)C)C2. The number of methoxy groups -OCH3 is 1. The van der Waals surface area contributed by atoms with Gasteiger partial charge in [0.05, 0.1) is 24.8 Å². The van der Waals surface area contributed by atoms with Crippen LogP contribution in [0.25, 0.3) is 0 Å². The van der Waals surface area contributed by atoms with Crippen molar-refractivity contribution in [2.24, 2.45) is 5.92 Å². The van der Waals surface area contributed by atoms with Crippen molar-refractivity contribution in [3.63, 3.8) is 0 Å². The van der Waals surface area contributed by atoms with Crippen LogP contribution in [0, 0.1) is 11.7 Å². The van der Waals surface area contributed by atoms with E-state index in [4.69, 9.17) is 4.74 Å². The summed E-state index contributed by atoms with van der Waals surface area (Å²) < 4.78 is 19.8. The second kappa shape index (κ2) is 7.93. The topological polar surface area (TPSA) is 44.8 Å². The highest BCUT2D eigenvalue weighted by molar-refractivity contribution is 5.82. The Morgan fingerprint density at radius 2 is 1.97 bits per heavy atom. The fourth-order valence-corrected chi connectivity index (χ4v) is 4.52. The molecule has 1 N–H and O–H groups in total. The van der Waals surface area contributed by atoms with Crippen molar-refractivity contribution < 1.29 is 13.9 Å². The molecule has 0 unspecified atom stereocenters. The summed E-state index contributed by atoms with van der Waals surface area (Å²) in [5, 5.41) is 3.08. The third-order valence-electron chi connectivity index (χ3n) is 5.89. The smallest absolute Gasteiger partial charge is 0.225 e. The Bertz CT molecular complexity index is 901. The number of anilines is 2. The molecule has 0 spiro atoms. The molecule has 0 aromatic heterocycles. The van der Waals surface area contributed by atoms with Crippen molar-refractivity contribution >= 4 is 17.3 Å². The number of rotatable bonds is 4. The van der Waals surface area contributed by atoms with Crippen LogP contribution in [0.4, 0.5) is 15.8 Å². The molecule has 0 radical (unpaired) electrons. The highest BCUT2D eigenvalue weighted by Gasteiger charge is 2.42. The summed E-state index contributed by atoms with van der Waals surface area (Å²) >= 11 is 0. The quantitative estimate of drug-likeness (QED) is 0.861. The maximum atomic E-state index is 14.4. The number of fused-ring (bicyclic) bond motifs is 3. The number of benzene rings is 2. The van der Waals surface area contributed by atoms with E-state index in [9.17, 15) is 9.18 Å². The first-order valence-corrected chi connectivity index (χ1v) is 10.2. The van der Waals surface area contributed by atoms with Gasteiger partial charge in [-0.05, 0) is 44.0 Å². The molecule has 4 rings (SSSR count). The first kappa shape index (κ1) is 19.6. The molecule has 154 valence electrons. The van der Waals surface area contributed by atoms with Crippen LogP contribution in [0.5, 0.6) is 5.75 Å². The summed E-state index contributed by atoms with van der Waals surface area (Å²) in [6.07, 6.45) is 0.671. The van der Waals surface area contributed by atoms with E-state index in [2.05, 4.69) is 27.2 Å². The molecule has 0 saturated carbocycles. The van der Waals surface area contributed by atoms with Gasteiger partial charge >= 0.3 is 0 Å². The summed E-state index contributed by atoms with van der Waals surface area (Å²) in [6.45, 7) is 5.98. The third-order valence-corrected chi connectivity index (χ3v) is 5.89. The summed E-state index contributed by atoms with van der Waals surface area (Å²) in [5.74, 6) is 0.464. The number of halogens is 1. The van der Waals surface area contributed by atoms with Gasteiger partial charge in [-0.1, -0.05) is 18.2 Å². The van der Waals surface area contributed by atoms with Crippen LogP contribution in [-0.2, 0) is 11.2 Å². The highest BCUT2D eigenvalue weighted by atomic mass is 19.1. The Kier molecular flexibility index (Phi) is 5.35. The van der Waals surface area contributed by atoms with Crippen molar-refractivity contribution in [1.82, 2.24) is 5.32 Å². The molecule has 29 heavy (non-hydrogen) atoms. The molecular weight excluding hydrogens is 369 g/mol. The number of hydrogen-bond donors (Lipinski definition) is 1. The van der Waals surface area contributed by atoms with Gasteiger partial charge in [0.2, 0.25) is 5.91 Å². The number of amides is 1. The zero-order valence-corrected chi connectivity index (χ0v) is 17.2. The van der Waals surface area contributed by atoms with E-state index >= 15 is 0 Å². The number of hydrogen-bond acceptors (Lipinski definition) is 4. The largest absolute Gasteiger partial charge is 0.497 e. The van der Waals surface area contributed by atoms with E-state index < -0.39 is 0 Å². The van der Waals surface area contributed by atoms with E-state index in [1.807, 2.05) is 32.0 Å². The normalized spacial score (nSPS) is 20.9. The first-order valence-electron chi connectivity index (χ1n) is 10.2. The molecule has 1 saturated heterocycles. The lowest BCUT2D eigenvalue weighted by Gasteiger charge is -2.49. The van der Waals surface area contributed by atoms with Crippen LogP contribution in [0.2, 0.25) is 0 Å². The third kappa shape index (κ3) is 3.76. The lowest BCUT2D eigenvalue weighted by molar-refractivity contribution is -0.126. The van der Waals surface area contributed by atoms with E-state index in [-0.39, 0.29) is 29.7 Å². The number of carbonyl (C=O) groups is 1. The average Bonchev–Trinajstić information content (AvgIpc) is 2.72. The van der Waals surface area contributed by atoms with Crippen LogP contribution in [-0.4, -0.2) is 44.7 Å². The van der Waals surface area contributed by atoms with Gasteiger partial charge in [0.15, 0.2) is 0 Å². The van der Waals surface area contributed by atoms with E-state index in [0.717, 1.165) is 23.5 Å². The van der Waals surface area contributed by atoms with Crippen molar-refractivity contribution in [3.05, 3.63) is 53.8 Å². The van der Waals surface area contributed by atoms with Gasteiger partial charge in [-0.15, -0.1) is 0 Å². The molecule has 6 heteroatoms. The maximum Gasteiger partial charge on any atom is 0.225 e. The summed E-state index contributed by atoms with van der Waals surface area (Å²) in [6, 6.07) is 13.0. The number of nitrogens with one attached hydrogen (secondary N) is 1. The highest BCUT2D eigenvalue weighted by Crippen LogP contribution is 2.39. The standard InChI is InChI=1S/C23H28FN3O2/c1-15(2)25-23(28)18-12-16-8-9-17(29-3)13-21(16)27-11-10-26(14-22(18)27)20-7-5-4-6-19(20)24/h4-9,13,15,18,22H,10-12,14H2,1-3H3,(H,25,28)/t18-,22-/m0/s1. The zero-order valence-electron chi connectivity index (χ0n) is 17.2. The van der Waals surface area contributed by atoms with Crippen LogP contribution >= 0.6 is 0 Å². The second-order valence-electron chi connectivity index (χ2n) is 8.13. The Labute approximate surface area is 171 Å². The van der Waals surface area contributed by atoms with Crippen molar-refractivity contribution in [2.45, 2.75) is 32.4 Å². The second-order valence-corrected chi connectivity index (χ2v) is 8.13. The average molecular weight is 397 g/mol. The minimum atomic E-state index is -0.220. The summed E-state index contributed by atoms with van der Waals surface area (Å²) in [7, 11) is 1.66. The Morgan fingerprint density at radius 1 is 1.17 bits per heavy atom. The van der Waals surface area contributed by atoms with E-state index in [1.165, 1.54) is 6.07 Å². The molecular formula is C23H28FN3O2. The van der Waals surface area contributed by atoms with Gasteiger partial charge in [0.1, 0.15) is 11.6 Å². The molecule has 2 aliphatic rings. The molecule has 2 aliphatic heterocycles. The van der Waals surface area contributed by atoms with Crippen LogP contribution in [0.3, 0.4) is 0 Å². The predicted molar refractivity (Wildman–Crippen MR) is 113 cm³/mol. The van der Waals surface area contributed by atoms with Crippen molar-refractivity contribution in [1.29, 1.82) is 0 Å². The number of para-hydroxylation sites is 1. The molecule has 1 fully saturated rings. The molecule has 1 amide bonds. The first-order chi connectivity index (χ1) is 14.0. The Hall–Kier alpha value is -2.76. The molecule has 5 nitrogen and oxygen atoms in total. The predicted octanol–water partition coefficient (Wildman–Crippen LogP) is 3.23. The summed E-state index contributed by atoms with van der Waals surface area (Å²) in [4.78, 5) is 17.4. The van der Waals surface area contributed by atoms with Crippen molar-refractivity contribution in [3.8, 4) is 5.75 Å². The molecule has 2 aromatic carbocycles. The van der Waals surface area contributed by atoms with Gasteiger partial charge < -0.3 is 19.9 Å². The number of nitrogens with zero attached hydrogens (tertiary/aromatic N) is 2. The van der Waals surface area contributed by atoms with E-state index in [0.29, 0.717) is 25.2 Å².